The van der Waals surface area contributed by atoms with Crippen molar-refractivity contribution in [2.24, 2.45) is 0 Å². The van der Waals surface area contributed by atoms with E-state index >= 15 is 0 Å². The van der Waals surface area contributed by atoms with Crippen LogP contribution in [0.5, 0.6) is 0 Å². The molecule has 168 valence electrons. The van der Waals surface area contributed by atoms with Crippen LogP contribution in [-0.4, -0.2) is 57.5 Å². The van der Waals surface area contributed by atoms with Crippen LogP contribution < -0.4 is 9.80 Å². The van der Waals surface area contributed by atoms with E-state index in [0.29, 0.717) is 11.7 Å². The lowest BCUT2D eigenvalue weighted by Crippen LogP contribution is -2.42. The Bertz CT molecular complexity index is 1040. The van der Waals surface area contributed by atoms with Crippen LogP contribution in [0.2, 0.25) is 0 Å². The number of hydrogen-bond acceptors (Lipinski definition) is 8. The summed E-state index contributed by atoms with van der Waals surface area (Å²) in [5.74, 6) is 2.62. The number of aliphatic hydroxyl groups excluding tert-OH is 1. The van der Waals surface area contributed by atoms with Gasteiger partial charge in [0.05, 0.1) is 18.6 Å². The fourth-order valence-electron chi connectivity index (χ4n) is 4.66. The summed E-state index contributed by atoms with van der Waals surface area (Å²) in [7, 11) is 0. The van der Waals surface area contributed by atoms with Gasteiger partial charge in [0.25, 0.3) is 0 Å². The summed E-state index contributed by atoms with van der Waals surface area (Å²) in [4.78, 5) is 18.0. The monoisotopic (exact) mass is 438 g/mol. The molecule has 9 heteroatoms. The van der Waals surface area contributed by atoms with Crippen LogP contribution in [0.25, 0.3) is 11.4 Å². The van der Waals surface area contributed by atoms with Crippen molar-refractivity contribution in [3.63, 3.8) is 0 Å². The highest BCUT2D eigenvalue weighted by atomic mass is 19.1. The first-order chi connectivity index (χ1) is 15.7. The first-order valence-electron chi connectivity index (χ1n) is 11.3. The van der Waals surface area contributed by atoms with E-state index < -0.39 is 0 Å². The highest BCUT2D eigenvalue weighted by Crippen LogP contribution is 2.31. The Morgan fingerprint density at radius 3 is 2.72 bits per heavy atom. The summed E-state index contributed by atoms with van der Waals surface area (Å²) in [6, 6.07) is 8.23. The van der Waals surface area contributed by atoms with Crippen molar-refractivity contribution >= 4 is 11.6 Å². The fraction of sp³-hybridized carbons (Fsp3) is 0.478. The number of piperidine rings is 2. The third kappa shape index (κ3) is 4.29. The van der Waals surface area contributed by atoms with Gasteiger partial charge in [0, 0.05) is 31.3 Å². The van der Waals surface area contributed by atoms with E-state index in [1.54, 1.807) is 18.5 Å². The van der Waals surface area contributed by atoms with Gasteiger partial charge in [0.2, 0.25) is 11.7 Å². The van der Waals surface area contributed by atoms with Crippen LogP contribution in [0, 0.1) is 5.82 Å². The van der Waals surface area contributed by atoms with Gasteiger partial charge in [-0.05, 0) is 56.4 Å². The third-order valence-corrected chi connectivity index (χ3v) is 6.41. The Labute approximate surface area is 186 Å². The van der Waals surface area contributed by atoms with Gasteiger partial charge in [-0.15, -0.1) is 0 Å². The zero-order valence-electron chi connectivity index (χ0n) is 17.9. The van der Waals surface area contributed by atoms with Crippen molar-refractivity contribution < 1.29 is 14.0 Å². The van der Waals surface area contributed by atoms with Crippen molar-refractivity contribution in [1.82, 2.24) is 20.1 Å². The molecule has 0 spiro atoms. The molecular formula is C23H27FN6O2. The molecule has 5 rings (SSSR count). The Morgan fingerprint density at radius 1 is 1.03 bits per heavy atom. The molecule has 0 radical (unpaired) electrons. The molecule has 1 aromatic carbocycles. The van der Waals surface area contributed by atoms with E-state index in [2.05, 4.69) is 29.9 Å². The van der Waals surface area contributed by atoms with Gasteiger partial charge >= 0.3 is 0 Å². The minimum atomic E-state index is -0.292. The second-order valence-corrected chi connectivity index (χ2v) is 8.51. The van der Waals surface area contributed by atoms with E-state index in [9.17, 15) is 9.50 Å². The summed E-state index contributed by atoms with van der Waals surface area (Å²) in [6.45, 7) is 2.66. The number of aliphatic hydroxyl groups is 1. The fourth-order valence-corrected chi connectivity index (χ4v) is 4.66. The van der Waals surface area contributed by atoms with Crippen LogP contribution >= 0.6 is 0 Å². The van der Waals surface area contributed by atoms with E-state index in [1.165, 1.54) is 12.1 Å². The summed E-state index contributed by atoms with van der Waals surface area (Å²) < 4.78 is 18.8. The Balaban J connectivity index is 1.32. The molecule has 8 nitrogen and oxygen atoms in total. The molecule has 2 aliphatic rings. The van der Waals surface area contributed by atoms with E-state index in [0.717, 1.165) is 68.9 Å². The molecule has 2 aliphatic heterocycles. The van der Waals surface area contributed by atoms with Gasteiger partial charge in [-0.25, -0.2) is 14.4 Å². The number of benzene rings is 1. The normalized spacial score (nSPS) is 21.7. The Morgan fingerprint density at radius 2 is 1.88 bits per heavy atom. The highest BCUT2D eigenvalue weighted by molar-refractivity contribution is 5.54. The third-order valence-electron chi connectivity index (χ3n) is 6.41. The van der Waals surface area contributed by atoms with Crippen LogP contribution in [0.3, 0.4) is 0 Å². The summed E-state index contributed by atoms with van der Waals surface area (Å²) in [5.41, 5.74) is 0.731. The average Bonchev–Trinajstić information content (AvgIpc) is 3.35. The first-order valence-corrected chi connectivity index (χ1v) is 11.3. The van der Waals surface area contributed by atoms with Gasteiger partial charge in [-0.3, -0.25) is 0 Å². The van der Waals surface area contributed by atoms with Crippen LogP contribution in [0.15, 0.2) is 41.2 Å². The van der Waals surface area contributed by atoms with Gasteiger partial charge in [-0.1, -0.05) is 5.16 Å². The van der Waals surface area contributed by atoms with Crippen molar-refractivity contribution in [1.29, 1.82) is 0 Å². The van der Waals surface area contributed by atoms with Crippen molar-refractivity contribution in [2.45, 2.75) is 44.1 Å². The van der Waals surface area contributed by atoms with E-state index in [1.807, 2.05) is 6.07 Å². The van der Waals surface area contributed by atoms with Crippen molar-refractivity contribution in [3.05, 3.63) is 48.4 Å². The molecule has 2 saturated heterocycles. The molecular weight excluding hydrogens is 411 g/mol. The second-order valence-electron chi connectivity index (χ2n) is 8.51. The average molecular weight is 439 g/mol. The van der Waals surface area contributed by atoms with Gasteiger partial charge in [0.15, 0.2) is 0 Å². The molecule has 2 atom stereocenters. The standard InChI is InChI=1S/C23H27FN6O2/c24-18-8-6-16(7-9-18)22-27-23(32-28-22)17-4-3-10-29(13-17)20-12-21(26-15-25-20)30-11-2-1-5-19(30)14-31/h6-9,12,15,17,19,31H,1-5,10-11,13-14H2. The molecule has 0 aliphatic carbocycles. The lowest BCUT2D eigenvalue weighted by Gasteiger charge is -2.36. The number of aromatic nitrogens is 4. The SMILES string of the molecule is OCC1CCCCN1c1cc(N2CCCC(c3nc(-c4ccc(F)cc4)no3)C2)ncn1. The van der Waals surface area contributed by atoms with Crippen LogP contribution in [0.1, 0.15) is 43.9 Å². The first kappa shape index (κ1) is 20.8. The summed E-state index contributed by atoms with van der Waals surface area (Å²) >= 11 is 0. The second kappa shape index (κ2) is 9.20. The maximum Gasteiger partial charge on any atom is 0.231 e. The smallest absolute Gasteiger partial charge is 0.231 e. The highest BCUT2D eigenvalue weighted by Gasteiger charge is 2.28. The predicted molar refractivity (Wildman–Crippen MR) is 118 cm³/mol. The van der Waals surface area contributed by atoms with E-state index in [4.69, 9.17) is 4.52 Å². The molecule has 0 saturated carbocycles. The Hall–Kier alpha value is -3.07. The van der Waals surface area contributed by atoms with E-state index in [-0.39, 0.29) is 24.4 Å². The zero-order valence-corrected chi connectivity index (χ0v) is 17.9. The lowest BCUT2D eigenvalue weighted by molar-refractivity contribution is 0.239. The molecule has 4 heterocycles. The molecule has 32 heavy (non-hydrogen) atoms. The van der Waals surface area contributed by atoms with Gasteiger partial charge < -0.3 is 19.4 Å². The topological polar surface area (TPSA) is 91.4 Å². The van der Waals surface area contributed by atoms with Gasteiger partial charge in [0.1, 0.15) is 23.8 Å². The molecule has 2 aromatic heterocycles. The molecule has 0 bridgehead atoms. The van der Waals surface area contributed by atoms with Crippen LogP contribution in [-0.2, 0) is 0 Å². The minimum Gasteiger partial charge on any atom is -0.394 e. The van der Waals surface area contributed by atoms with Crippen molar-refractivity contribution in [2.75, 3.05) is 36.0 Å². The van der Waals surface area contributed by atoms with Crippen molar-refractivity contribution in [3.8, 4) is 11.4 Å². The Kier molecular flexibility index (Phi) is 5.98. The largest absolute Gasteiger partial charge is 0.394 e. The van der Waals surface area contributed by atoms with Crippen LogP contribution in [0.4, 0.5) is 16.0 Å². The number of halogens is 1. The maximum atomic E-state index is 13.2. The molecule has 3 aromatic rings. The number of anilines is 2. The summed E-state index contributed by atoms with van der Waals surface area (Å²) in [6.07, 6.45) is 6.78. The predicted octanol–water partition coefficient (Wildman–Crippen LogP) is 3.40. The zero-order chi connectivity index (χ0) is 21.9. The van der Waals surface area contributed by atoms with Gasteiger partial charge in [-0.2, -0.15) is 4.98 Å². The number of hydrogen-bond donors (Lipinski definition) is 1. The molecule has 0 amide bonds. The number of rotatable bonds is 5. The lowest BCUT2D eigenvalue weighted by atomic mass is 9.98. The number of nitrogens with zero attached hydrogens (tertiary/aromatic N) is 6. The minimum absolute atomic E-state index is 0.101. The molecule has 2 fully saturated rings. The summed E-state index contributed by atoms with van der Waals surface area (Å²) in [5, 5.41) is 13.9. The molecule has 1 N–H and O–H groups in total. The quantitative estimate of drug-likeness (QED) is 0.648. The molecule has 2 unspecified atom stereocenters. The maximum absolute atomic E-state index is 13.2.